The molecule has 2 amide bonds. The minimum atomic E-state index is -0.00581. The molecule has 0 bridgehead atoms. The standard InChI is InChI=1S/C22H27N3O/c1-2-19-10-12-21(13-11-19)23-22(26)25-17-15-24(16-18-25)14-6-9-20-7-4-3-5-8-20/h3-13H,2,14-18H2,1H3,(H,23,26). The summed E-state index contributed by atoms with van der Waals surface area (Å²) in [6, 6.07) is 18.4. The Morgan fingerprint density at radius 2 is 1.69 bits per heavy atom. The van der Waals surface area contributed by atoms with Crippen molar-refractivity contribution in [3.63, 3.8) is 0 Å². The number of piperazine rings is 1. The van der Waals surface area contributed by atoms with Crippen LogP contribution in [0.5, 0.6) is 0 Å². The number of rotatable bonds is 5. The van der Waals surface area contributed by atoms with Crippen molar-refractivity contribution in [2.75, 3.05) is 38.0 Å². The Balaban J connectivity index is 1.42. The first-order valence-corrected chi connectivity index (χ1v) is 9.33. The molecule has 0 saturated carbocycles. The molecule has 4 heteroatoms. The Morgan fingerprint density at radius 1 is 1.00 bits per heavy atom. The van der Waals surface area contributed by atoms with Crippen molar-refractivity contribution in [2.24, 2.45) is 0 Å². The highest BCUT2D eigenvalue weighted by molar-refractivity contribution is 5.89. The summed E-state index contributed by atoms with van der Waals surface area (Å²) in [5, 5.41) is 3.00. The molecular formula is C22H27N3O. The van der Waals surface area contributed by atoms with Crippen LogP contribution >= 0.6 is 0 Å². The van der Waals surface area contributed by atoms with E-state index in [2.05, 4.69) is 53.6 Å². The van der Waals surface area contributed by atoms with E-state index in [4.69, 9.17) is 0 Å². The SMILES string of the molecule is CCc1ccc(NC(=O)N2CCN(CC=Cc3ccccc3)CC2)cc1. The van der Waals surface area contributed by atoms with Crippen LogP contribution in [0, 0.1) is 0 Å². The van der Waals surface area contributed by atoms with Crippen LogP contribution < -0.4 is 5.32 Å². The molecule has 1 N–H and O–H groups in total. The second-order valence-corrected chi connectivity index (χ2v) is 6.58. The Kier molecular flexibility index (Phi) is 6.45. The number of nitrogens with one attached hydrogen (secondary N) is 1. The molecule has 136 valence electrons. The highest BCUT2D eigenvalue weighted by Crippen LogP contribution is 2.12. The Labute approximate surface area is 156 Å². The molecule has 0 radical (unpaired) electrons. The zero-order valence-electron chi connectivity index (χ0n) is 15.4. The molecule has 0 spiro atoms. The van der Waals surface area contributed by atoms with Crippen LogP contribution in [-0.4, -0.2) is 48.6 Å². The third-order valence-electron chi connectivity index (χ3n) is 4.75. The Hall–Kier alpha value is -2.59. The summed E-state index contributed by atoms with van der Waals surface area (Å²) in [5.74, 6) is 0. The van der Waals surface area contributed by atoms with Crippen LogP contribution in [0.4, 0.5) is 10.5 Å². The lowest BCUT2D eigenvalue weighted by Crippen LogP contribution is -2.49. The van der Waals surface area contributed by atoms with Crippen molar-refractivity contribution in [1.82, 2.24) is 9.80 Å². The maximum absolute atomic E-state index is 12.4. The van der Waals surface area contributed by atoms with E-state index in [9.17, 15) is 4.79 Å². The van der Waals surface area contributed by atoms with E-state index in [1.807, 2.05) is 35.2 Å². The topological polar surface area (TPSA) is 35.6 Å². The van der Waals surface area contributed by atoms with Crippen molar-refractivity contribution in [3.05, 3.63) is 71.8 Å². The minimum absolute atomic E-state index is 0.00581. The van der Waals surface area contributed by atoms with Crippen molar-refractivity contribution in [3.8, 4) is 0 Å². The van der Waals surface area contributed by atoms with Gasteiger partial charge in [-0.3, -0.25) is 4.90 Å². The van der Waals surface area contributed by atoms with Gasteiger partial charge in [-0.25, -0.2) is 4.79 Å². The number of hydrogen-bond donors (Lipinski definition) is 1. The molecule has 3 rings (SSSR count). The minimum Gasteiger partial charge on any atom is -0.322 e. The van der Waals surface area contributed by atoms with Gasteiger partial charge in [-0.2, -0.15) is 0 Å². The van der Waals surface area contributed by atoms with Gasteiger partial charge in [0.2, 0.25) is 0 Å². The summed E-state index contributed by atoms with van der Waals surface area (Å²) in [6.07, 6.45) is 5.36. The molecule has 1 heterocycles. The van der Waals surface area contributed by atoms with E-state index < -0.39 is 0 Å². The first-order valence-electron chi connectivity index (χ1n) is 9.33. The molecule has 1 aliphatic rings. The number of benzene rings is 2. The molecule has 1 fully saturated rings. The van der Waals surface area contributed by atoms with Gasteiger partial charge in [0, 0.05) is 38.4 Å². The number of anilines is 1. The fourth-order valence-corrected chi connectivity index (χ4v) is 3.06. The average Bonchev–Trinajstić information content (AvgIpc) is 2.70. The monoisotopic (exact) mass is 349 g/mol. The molecule has 26 heavy (non-hydrogen) atoms. The predicted molar refractivity (Wildman–Crippen MR) is 108 cm³/mol. The van der Waals surface area contributed by atoms with Crippen LogP contribution in [-0.2, 0) is 6.42 Å². The van der Waals surface area contributed by atoms with E-state index in [0.717, 1.165) is 44.8 Å². The first-order chi connectivity index (χ1) is 12.7. The normalized spacial score (nSPS) is 15.3. The van der Waals surface area contributed by atoms with Crippen LogP contribution in [0.1, 0.15) is 18.1 Å². The molecule has 4 nitrogen and oxygen atoms in total. The highest BCUT2D eigenvalue weighted by Gasteiger charge is 2.20. The summed E-state index contributed by atoms with van der Waals surface area (Å²) in [7, 11) is 0. The van der Waals surface area contributed by atoms with E-state index in [1.54, 1.807) is 0 Å². The van der Waals surface area contributed by atoms with Crippen LogP contribution in [0.25, 0.3) is 6.08 Å². The molecule has 2 aromatic rings. The maximum atomic E-state index is 12.4. The van der Waals surface area contributed by atoms with Crippen LogP contribution in [0.3, 0.4) is 0 Å². The summed E-state index contributed by atoms with van der Waals surface area (Å²) < 4.78 is 0. The van der Waals surface area contributed by atoms with Crippen LogP contribution in [0.2, 0.25) is 0 Å². The van der Waals surface area contributed by atoms with E-state index >= 15 is 0 Å². The Morgan fingerprint density at radius 3 is 2.35 bits per heavy atom. The fraction of sp³-hybridized carbons (Fsp3) is 0.318. The Bertz CT molecular complexity index is 717. The number of amides is 2. The molecule has 1 saturated heterocycles. The van der Waals surface area contributed by atoms with E-state index in [0.29, 0.717) is 0 Å². The zero-order valence-corrected chi connectivity index (χ0v) is 15.4. The lowest BCUT2D eigenvalue weighted by Gasteiger charge is -2.34. The predicted octanol–water partition coefficient (Wildman–Crippen LogP) is 4.11. The number of carbonyl (C=O) groups is 1. The molecular weight excluding hydrogens is 322 g/mol. The van der Waals surface area contributed by atoms with Gasteiger partial charge in [0.05, 0.1) is 0 Å². The number of hydrogen-bond acceptors (Lipinski definition) is 2. The number of aryl methyl sites for hydroxylation is 1. The van der Waals surface area contributed by atoms with Gasteiger partial charge in [-0.1, -0.05) is 61.5 Å². The van der Waals surface area contributed by atoms with E-state index in [-0.39, 0.29) is 6.03 Å². The van der Waals surface area contributed by atoms with Gasteiger partial charge in [-0.05, 0) is 29.7 Å². The van der Waals surface area contributed by atoms with Gasteiger partial charge in [0.15, 0.2) is 0 Å². The highest BCUT2D eigenvalue weighted by atomic mass is 16.2. The van der Waals surface area contributed by atoms with Gasteiger partial charge in [0.25, 0.3) is 0 Å². The average molecular weight is 349 g/mol. The number of carbonyl (C=O) groups excluding carboxylic acids is 1. The fourth-order valence-electron chi connectivity index (χ4n) is 3.06. The van der Waals surface area contributed by atoms with Gasteiger partial charge >= 0.3 is 6.03 Å². The smallest absolute Gasteiger partial charge is 0.321 e. The second-order valence-electron chi connectivity index (χ2n) is 6.58. The third-order valence-corrected chi connectivity index (χ3v) is 4.75. The van der Waals surface area contributed by atoms with Crippen molar-refractivity contribution in [2.45, 2.75) is 13.3 Å². The largest absolute Gasteiger partial charge is 0.322 e. The molecule has 2 aromatic carbocycles. The van der Waals surface area contributed by atoms with E-state index in [1.165, 1.54) is 11.1 Å². The number of nitrogens with zero attached hydrogens (tertiary/aromatic N) is 2. The maximum Gasteiger partial charge on any atom is 0.321 e. The molecule has 0 unspecified atom stereocenters. The van der Waals surface area contributed by atoms with Crippen LogP contribution in [0.15, 0.2) is 60.7 Å². The summed E-state index contributed by atoms with van der Waals surface area (Å²) in [4.78, 5) is 16.7. The molecule has 0 aliphatic carbocycles. The van der Waals surface area contributed by atoms with Crippen molar-refractivity contribution < 1.29 is 4.79 Å². The molecule has 1 aliphatic heterocycles. The van der Waals surface area contributed by atoms with Crippen molar-refractivity contribution >= 4 is 17.8 Å². The van der Waals surface area contributed by atoms with Crippen molar-refractivity contribution in [1.29, 1.82) is 0 Å². The molecule has 0 atom stereocenters. The number of urea groups is 1. The quantitative estimate of drug-likeness (QED) is 0.882. The lowest BCUT2D eigenvalue weighted by molar-refractivity contribution is 0.156. The first kappa shape index (κ1) is 18.2. The summed E-state index contributed by atoms with van der Waals surface area (Å²) >= 11 is 0. The third kappa shape index (κ3) is 5.20. The molecule has 0 aromatic heterocycles. The van der Waals surface area contributed by atoms with Gasteiger partial charge < -0.3 is 10.2 Å². The lowest BCUT2D eigenvalue weighted by atomic mass is 10.1. The van der Waals surface area contributed by atoms with Gasteiger partial charge in [0.1, 0.15) is 0 Å². The second kappa shape index (κ2) is 9.20. The summed E-state index contributed by atoms with van der Waals surface area (Å²) in [6.45, 7) is 6.38. The zero-order chi connectivity index (χ0) is 18.2. The van der Waals surface area contributed by atoms with Gasteiger partial charge in [-0.15, -0.1) is 0 Å². The summed E-state index contributed by atoms with van der Waals surface area (Å²) in [5.41, 5.74) is 3.36.